The highest BCUT2D eigenvalue weighted by Crippen LogP contribution is 2.37. The lowest BCUT2D eigenvalue weighted by Crippen LogP contribution is -2.26. The van der Waals surface area contributed by atoms with Gasteiger partial charge >= 0.3 is 5.69 Å². The van der Waals surface area contributed by atoms with Crippen molar-refractivity contribution in [3.63, 3.8) is 0 Å². The molecule has 0 amide bonds. The Morgan fingerprint density at radius 1 is 1.44 bits per heavy atom. The Morgan fingerprint density at radius 3 is 2.50 bits per heavy atom. The molecule has 1 aromatic carbocycles. The third-order valence-corrected chi connectivity index (χ3v) is 2.34. The summed E-state index contributed by atoms with van der Waals surface area (Å²) in [4.78, 5) is 15.2. The number of rotatable bonds is 4. The van der Waals surface area contributed by atoms with E-state index in [4.69, 9.17) is 15.5 Å². The minimum Gasteiger partial charge on any atom is -0.490 e. The first-order valence-electron chi connectivity index (χ1n) is 4.63. The number of nitrogens with zero attached hydrogens (tertiary/aromatic N) is 1. The van der Waals surface area contributed by atoms with Gasteiger partial charge in [-0.15, -0.1) is 0 Å². The molecule has 0 saturated heterocycles. The fourth-order valence-corrected chi connectivity index (χ4v) is 1.42. The zero-order valence-corrected chi connectivity index (χ0v) is 9.39. The molecule has 0 saturated carbocycles. The van der Waals surface area contributed by atoms with Gasteiger partial charge in [-0.2, -0.15) is 0 Å². The molecular formula is C10H14N2O4. The van der Waals surface area contributed by atoms with Crippen molar-refractivity contribution in [2.45, 2.75) is 19.4 Å². The number of para-hydroxylation sites is 1. The molecule has 1 rings (SSSR count). The summed E-state index contributed by atoms with van der Waals surface area (Å²) in [6.45, 7) is 3.30. The summed E-state index contributed by atoms with van der Waals surface area (Å²) in [5.74, 6) is 5.32. The van der Waals surface area contributed by atoms with E-state index < -0.39 is 10.5 Å². The van der Waals surface area contributed by atoms with Gasteiger partial charge in [-0.1, -0.05) is 6.07 Å². The normalized spacial score (nSPS) is 11.2. The highest BCUT2D eigenvalue weighted by atomic mass is 16.6. The first-order chi connectivity index (χ1) is 7.44. The Kier molecular flexibility index (Phi) is 3.46. The van der Waals surface area contributed by atoms with Gasteiger partial charge in [0, 0.05) is 0 Å². The Balaban J connectivity index is 3.45. The number of nitrogens with two attached hydrogens (primary N) is 1. The molecule has 16 heavy (non-hydrogen) atoms. The topological polar surface area (TPSA) is 87.6 Å². The molecule has 0 unspecified atom stereocenters. The highest BCUT2D eigenvalue weighted by Gasteiger charge is 2.32. The van der Waals surface area contributed by atoms with Crippen LogP contribution in [0.15, 0.2) is 18.2 Å². The summed E-state index contributed by atoms with van der Waals surface area (Å²) in [6, 6.07) is 4.77. The zero-order valence-electron chi connectivity index (χ0n) is 9.39. The van der Waals surface area contributed by atoms with Gasteiger partial charge in [0.05, 0.1) is 17.6 Å². The first-order valence-corrected chi connectivity index (χ1v) is 4.63. The minimum atomic E-state index is -0.947. The molecule has 88 valence electrons. The van der Waals surface area contributed by atoms with Crippen LogP contribution in [-0.4, -0.2) is 12.0 Å². The van der Waals surface area contributed by atoms with Crippen LogP contribution in [0, 0.1) is 10.1 Å². The monoisotopic (exact) mass is 226 g/mol. The van der Waals surface area contributed by atoms with Crippen LogP contribution in [0.4, 0.5) is 5.69 Å². The van der Waals surface area contributed by atoms with E-state index in [1.807, 2.05) is 0 Å². The zero-order chi connectivity index (χ0) is 12.3. The molecule has 0 aromatic heterocycles. The van der Waals surface area contributed by atoms with Crippen LogP contribution in [0.1, 0.15) is 19.4 Å². The summed E-state index contributed by atoms with van der Waals surface area (Å²) in [5.41, 5.74) is -0.698. The molecular weight excluding hydrogens is 212 g/mol. The number of methoxy groups -OCH3 is 1. The van der Waals surface area contributed by atoms with Crippen LogP contribution in [-0.2, 0) is 10.4 Å². The van der Waals surface area contributed by atoms with E-state index in [1.54, 1.807) is 26.0 Å². The van der Waals surface area contributed by atoms with E-state index in [9.17, 15) is 10.1 Å². The number of nitro groups is 1. The molecule has 1 aromatic rings. The van der Waals surface area contributed by atoms with Crippen LogP contribution in [0.5, 0.6) is 5.75 Å². The van der Waals surface area contributed by atoms with E-state index in [-0.39, 0.29) is 11.4 Å². The van der Waals surface area contributed by atoms with Crippen molar-refractivity contribution >= 4 is 5.69 Å². The van der Waals surface area contributed by atoms with Crippen molar-refractivity contribution in [3.05, 3.63) is 33.9 Å². The fourth-order valence-electron chi connectivity index (χ4n) is 1.42. The molecule has 0 radical (unpaired) electrons. The predicted molar refractivity (Wildman–Crippen MR) is 57.9 cm³/mol. The summed E-state index contributed by atoms with van der Waals surface area (Å²) < 4.78 is 4.95. The summed E-state index contributed by atoms with van der Waals surface area (Å²) in [6.07, 6.45) is 0. The number of hydrogen-bond acceptors (Lipinski definition) is 5. The van der Waals surface area contributed by atoms with Crippen molar-refractivity contribution in [1.82, 2.24) is 0 Å². The summed E-state index contributed by atoms with van der Waals surface area (Å²) in [5, 5.41) is 11.0. The molecule has 6 heteroatoms. The van der Waals surface area contributed by atoms with Crippen molar-refractivity contribution in [1.29, 1.82) is 0 Å². The van der Waals surface area contributed by atoms with Crippen LogP contribution in [0.2, 0.25) is 0 Å². The van der Waals surface area contributed by atoms with Crippen molar-refractivity contribution in [2.24, 2.45) is 5.90 Å². The molecule has 2 N–H and O–H groups in total. The molecule has 0 bridgehead atoms. The minimum absolute atomic E-state index is 0.125. The van der Waals surface area contributed by atoms with Crippen molar-refractivity contribution < 1.29 is 14.5 Å². The summed E-state index contributed by atoms with van der Waals surface area (Å²) >= 11 is 0. The lowest BCUT2D eigenvalue weighted by molar-refractivity contribution is -0.387. The van der Waals surface area contributed by atoms with E-state index in [2.05, 4.69) is 0 Å². The maximum absolute atomic E-state index is 11.0. The van der Waals surface area contributed by atoms with Crippen molar-refractivity contribution in [3.8, 4) is 5.75 Å². The third-order valence-electron chi connectivity index (χ3n) is 2.34. The fraction of sp³-hybridized carbons (Fsp3) is 0.400. The molecule has 0 aliphatic heterocycles. The van der Waals surface area contributed by atoms with Gasteiger partial charge in [-0.3, -0.25) is 15.0 Å². The number of ether oxygens (including phenoxy) is 1. The maximum Gasteiger partial charge on any atom is 0.317 e. The van der Waals surface area contributed by atoms with Crippen LogP contribution < -0.4 is 10.6 Å². The van der Waals surface area contributed by atoms with Gasteiger partial charge in [0.1, 0.15) is 5.60 Å². The largest absolute Gasteiger partial charge is 0.490 e. The smallest absolute Gasteiger partial charge is 0.317 e. The second-order valence-corrected chi connectivity index (χ2v) is 3.74. The van der Waals surface area contributed by atoms with Gasteiger partial charge in [0.15, 0.2) is 5.75 Å². The quantitative estimate of drug-likeness (QED) is 0.624. The lowest BCUT2D eigenvalue weighted by atomic mass is 9.96. The average molecular weight is 226 g/mol. The number of hydrogen-bond donors (Lipinski definition) is 1. The standard InChI is InChI=1S/C10H14N2O4/c1-10(2,16-11)7-5-4-6-8(15-3)9(7)12(13)14/h4-6H,11H2,1-3H3. The highest BCUT2D eigenvalue weighted by molar-refractivity contribution is 5.54. The van der Waals surface area contributed by atoms with Crippen LogP contribution in [0.25, 0.3) is 0 Å². The number of benzene rings is 1. The van der Waals surface area contributed by atoms with Gasteiger partial charge < -0.3 is 4.74 Å². The van der Waals surface area contributed by atoms with E-state index >= 15 is 0 Å². The second kappa shape index (κ2) is 4.46. The van der Waals surface area contributed by atoms with E-state index in [0.717, 1.165) is 0 Å². The predicted octanol–water partition coefficient (Wildman–Crippen LogP) is 1.73. The molecule has 0 aliphatic carbocycles. The second-order valence-electron chi connectivity index (χ2n) is 3.74. The molecule has 0 aliphatic rings. The maximum atomic E-state index is 11.0. The van der Waals surface area contributed by atoms with Gasteiger partial charge in [-0.25, -0.2) is 5.90 Å². The third kappa shape index (κ3) is 2.12. The lowest BCUT2D eigenvalue weighted by Gasteiger charge is -2.22. The molecule has 6 nitrogen and oxygen atoms in total. The molecule has 0 fully saturated rings. The van der Waals surface area contributed by atoms with Crippen molar-refractivity contribution in [2.75, 3.05) is 7.11 Å². The van der Waals surface area contributed by atoms with Gasteiger partial charge in [-0.05, 0) is 26.0 Å². The Labute approximate surface area is 93.1 Å². The Hall–Kier alpha value is -1.66. The van der Waals surface area contributed by atoms with Crippen LogP contribution in [0.3, 0.4) is 0 Å². The van der Waals surface area contributed by atoms with E-state index in [0.29, 0.717) is 5.56 Å². The average Bonchev–Trinajstić information content (AvgIpc) is 2.27. The molecule has 0 atom stereocenters. The summed E-state index contributed by atoms with van der Waals surface area (Å²) in [7, 11) is 1.38. The molecule has 0 heterocycles. The van der Waals surface area contributed by atoms with Gasteiger partial charge in [0.2, 0.25) is 0 Å². The first kappa shape index (κ1) is 12.4. The number of nitro benzene ring substituents is 1. The SMILES string of the molecule is COc1cccc(C(C)(C)ON)c1[N+](=O)[O-]. The molecule has 0 spiro atoms. The Morgan fingerprint density at radius 2 is 2.06 bits per heavy atom. The van der Waals surface area contributed by atoms with Crippen LogP contribution >= 0.6 is 0 Å². The van der Waals surface area contributed by atoms with E-state index in [1.165, 1.54) is 13.2 Å². The van der Waals surface area contributed by atoms with Gasteiger partial charge in [0.25, 0.3) is 0 Å². The Bertz CT molecular complexity index is 404.